The van der Waals surface area contributed by atoms with Gasteiger partial charge < -0.3 is 21.1 Å². The van der Waals surface area contributed by atoms with Crippen LogP contribution in [0.3, 0.4) is 0 Å². The lowest BCUT2D eigenvalue weighted by molar-refractivity contribution is -0.125. The topological polar surface area (TPSA) is 93.5 Å². The first-order valence-electron chi connectivity index (χ1n) is 7.00. The van der Waals surface area contributed by atoms with Crippen molar-refractivity contribution in [1.29, 1.82) is 0 Å². The number of hydrogen-bond donors (Lipinski definition) is 3. The fourth-order valence-electron chi connectivity index (χ4n) is 2.16. The van der Waals surface area contributed by atoms with Crippen molar-refractivity contribution >= 4 is 17.5 Å². The van der Waals surface area contributed by atoms with Gasteiger partial charge in [0.05, 0.1) is 18.6 Å². The summed E-state index contributed by atoms with van der Waals surface area (Å²) in [4.78, 5) is 24.0. The van der Waals surface area contributed by atoms with Crippen molar-refractivity contribution in [3.8, 4) is 0 Å². The third-order valence-electron chi connectivity index (χ3n) is 3.78. The SMILES string of the molecule is CCNC(=O)c1ccc(NC(=O)C2(C)COCC2N)cc1. The number of hydrogen-bond acceptors (Lipinski definition) is 4. The van der Waals surface area contributed by atoms with Gasteiger partial charge in [-0.3, -0.25) is 9.59 Å². The molecule has 1 aliphatic heterocycles. The fourth-order valence-corrected chi connectivity index (χ4v) is 2.16. The van der Waals surface area contributed by atoms with Crippen LogP contribution in [-0.2, 0) is 9.53 Å². The fraction of sp³-hybridized carbons (Fsp3) is 0.467. The molecule has 0 saturated carbocycles. The van der Waals surface area contributed by atoms with Gasteiger partial charge in [-0.2, -0.15) is 0 Å². The lowest BCUT2D eigenvalue weighted by atomic mass is 9.85. The Labute approximate surface area is 124 Å². The first-order chi connectivity index (χ1) is 9.97. The van der Waals surface area contributed by atoms with Crippen LogP contribution in [0.2, 0.25) is 0 Å². The van der Waals surface area contributed by atoms with Crippen LogP contribution < -0.4 is 16.4 Å². The van der Waals surface area contributed by atoms with E-state index >= 15 is 0 Å². The van der Waals surface area contributed by atoms with Gasteiger partial charge in [0.15, 0.2) is 0 Å². The van der Waals surface area contributed by atoms with Gasteiger partial charge in [-0.1, -0.05) is 0 Å². The molecule has 0 bridgehead atoms. The van der Waals surface area contributed by atoms with Crippen molar-refractivity contribution in [1.82, 2.24) is 5.32 Å². The Kier molecular flexibility index (Phi) is 4.59. The molecule has 1 aromatic carbocycles. The van der Waals surface area contributed by atoms with Crippen LogP contribution in [-0.4, -0.2) is 37.6 Å². The molecule has 0 aliphatic carbocycles. The normalized spacial score (nSPS) is 24.6. The van der Waals surface area contributed by atoms with Gasteiger partial charge in [0, 0.05) is 23.8 Å². The maximum Gasteiger partial charge on any atom is 0.251 e. The van der Waals surface area contributed by atoms with Crippen LogP contribution in [0.4, 0.5) is 5.69 Å². The molecule has 0 aromatic heterocycles. The zero-order valence-electron chi connectivity index (χ0n) is 12.3. The zero-order valence-corrected chi connectivity index (χ0v) is 12.3. The van der Waals surface area contributed by atoms with Gasteiger partial charge in [-0.05, 0) is 38.1 Å². The summed E-state index contributed by atoms with van der Waals surface area (Å²) in [7, 11) is 0. The quantitative estimate of drug-likeness (QED) is 0.762. The Morgan fingerprint density at radius 1 is 1.38 bits per heavy atom. The Hall–Kier alpha value is -1.92. The number of nitrogens with one attached hydrogen (secondary N) is 2. The minimum absolute atomic E-state index is 0.131. The van der Waals surface area contributed by atoms with E-state index in [2.05, 4.69) is 10.6 Å². The molecule has 1 aliphatic rings. The Morgan fingerprint density at radius 3 is 2.57 bits per heavy atom. The third-order valence-corrected chi connectivity index (χ3v) is 3.78. The van der Waals surface area contributed by atoms with Crippen LogP contribution in [0.25, 0.3) is 0 Å². The van der Waals surface area contributed by atoms with Gasteiger partial charge in [-0.25, -0.2) is 0 Å². The molecule has 2 amide bonds. The Morgan fingerprint density at radius 2 is 2.05 bits per heavy atom. The molecule has 21 heavy (non-hydrogen) atoms. The number of ether oxygens (including phenoxy) is 1. The second-order valence-corrected chi connectivity index (χ2v) is 5.43. The van der Waals surface area contributed by atoms with E-state index in [1.165, 1.54) is 0 Å². The lowest BCUT2D eigenvalue weighted by Gasteiger charge is -2.25. The van der Waals surface area contributed by atoms with Gasteiger partial charge in [-0.15, -0.1) is 0 Å². The van der Waals surface area contributed by atoms with E-state index in [4.69, 9.17) is 10.5 Å². The first kappa shape index (κ1) is 15.5. The number of anilines is 1. The molecule has 6 nitrogen and oxygen atoms in total. The summed E-state index contributed by atoms with van der Waals surface area (Å²) in [6, 6.07) is 6.44. The van der Waals surface area contributed by atoms with Crippen LogP contribution in [0.15, 0.2) is 24.3 Å². The molecule has 2 atom stereocenters. The molecule has 1 heterocycles. The molecule has 1 aromatic rings. The minimum atomic E-state index is -0.724. The summed E-state index contributed by atoms with van der Waals surface area (Å²) >= 11 is 0. The molecular formula is C15H21N3O3. The molecule has 0 radical (unpaired) electrons. The number of carbonyl (C=O) groups is 2. The maximum absolute atomic E-state index is 12.3. The predicted octanol–water partition coefficient (Wildman–Crippen LogP) is 0.739. The Balaban J connectivity index is 2.03. The second kappa shape index (κ2) is 6.24. The molecule has 6 heteroatoms. The summed E-state index contributed by atoms with van der Waals surface area (Å²) in [5.74, 6) is -0.299. The summed E-state index contributed by atoms with van der Waals surface area (Å²) < 4.78 is 5.27. The lowest BCUT2D eigenvalue weighted by Crippen LogP contribution is -2.47. The standard InChI is InChI=1S/C15H21N3O3/c1-3-17-13(19)10-4-6-11(7-5-10)18-14(20)15(2)9-21-8-12(15)16/h4-7,12H,3,8-9,16H2,1-2H3,(H,17,19)(H,18,20). The molecule has 2 rings (SSSR count). The van der Waals surface area contributed by atoms with Crippen molar-refractivity contribution < 1.29 is 14.3 Å². The van der Waals surface area contributed by atoms with E-state index in [1.807, 2.05) is 6.92 Å². The highest BCUT2D eigenvalue weighted by molar-refractivity contribution is 5.97. The molecule has 2 unspecified atom stereocenters. The summed E-state index contributed by atoms with van der Waals surface area (Å²) in [6.45, 7) is 4.94. The molecular weight excluding hydrogens is 270 g/mol. The van der Waals surface area contributed by atoms with E-state index in [9.17, 15) is 9.59 Å². The molecule has 114 valence electrons. The number of rotatable bonds is 4. The van der Waals surface area contributed by atoms with Crippen LogP contribution in [0.5, 0.6) is 0 Å². The highest BCUT2D eigenvalue weighted by atomic mass is 16.5. The van der Waals surface area contributed by atoms with Crippen molar-refractivity contribution in [2.24, 2.45) is 11.1 Å². The van der Waals surface area contributed by atoms with E-state index < -0.39 is 5.41 Å². The summed E-state index contributed by atoms with van der Waals surface area (Å²) in [5, 5.41) is 5.54. The van der Waals surface area contributed by atoms with Crippen molar-refractivity contribution in [2.75, 3.05) is 25.1 Å². The average Bonchev–Trinajstić information content (AvgIpc) is 2.81. The zero-order chi connectivity index (χ0) is 15.5. The number of amides is 2. The van der Waals surface area contributed by atoms with Crippen molar-refractivity contribution in [3.05, 3.63) is 29.8 Å². The largest absolute Gasteiger partial charge is 0.379 e. The van der Waals surface area contributed by atoms with Gasteiger partial charge in [0.2, 0.25) is 5.91 Å². The molecule has 4 N–H and O–H groups in total. The monoisotopic (exact) mass is 291 g/mol. The Bertz CT molecular complexity index is 529. The molecule has 1 saturated heterocycles. The minimum Gasteiger partial charge on any atom is -0.379 e. The second-order valence-electron chi connectivity index (χ2n) is 5.43. The van der Waals surface area contributed by atoms with Crippen LogP contribution >= 0.6 is 0 Å². The number of carbonyl (C=O) groups excluding carboxylic acids is 2. The van der Waals surface area contributed by atoms with Crippen molar-refractivity contribution in [3.63, 3.8) is 0 Å². The molecule has 1 fully saturated rings. The van der Waals surface area contributed by atoms with Crippen molar-refractivity contribution in [2.45, 2.75) is 19.9 Å². The van der Waals surface area contributed by atoms with E-state index in [1.54, 1.807) is 31.2 Å². The predicted molar refractivity (Wildman–Crippen MR) is 80.0 cm³/mol. The highest BCUT2D eigenvalue weighted by Crippen LogP contribution is 2.28. The summed E-state index contributed by atoms with van der Waals surface area (Å²) in [6.07, 6.45) is 0. The van der Waals surface area contributed by atoms with E-state index in [0.717, 1.165) is 0 Å². The maximum atomic E-state index is 12.3. The van der Waals surface area contributed by atoms with Crippen LogP contribution in [0.1, 0.15) is 24.2 Å². The number of benzene rings is 1. The van der Waals surface area contributed by atoms with Gasteiger partial charge >= 0.3 is 0 Å². The number of nitrogens with two attached hydrogens (primary N) is 1. The highest BCUT2D eigenvalue weighted by Gasteiger charge is 2.44. The summed E-state index contributed by atoms with van der Waals surface area (Å²) in [5.41, 5.74) is 6.39. The molecule has 0 spiro atoms. The van der Waals surface area contributed by atoms with Crippen LogP contribution in [0, 0.1) is 5.41 Å². The smallest absolute Gasteiger partial charge is 0.251 e. The van der Waals surface area contributed by atoms with E-state index in [-0.39, 0.29) is 17.9 Å². The van der Waals surface area contributed by atoms with Gasteiger partial charge in [0.1, 0.15) is 0 Å². The average molecular weight is 291 g/mol. The third kappa shape index (κ3) is 3.22. The van der Waals surface area contributed by atoms with E-state index in [0.29, 0.717) is 31.0 Å². The first-order valence-corrected chi connectivity index (χ1v) is 7.00. The van der Waals surface area contributed by atoms with Gasteiger partial charge in [0.25, 0.3) is 5.91 Å².